The number of ether oxygens (including phenoxy) is 1. The highest BCUT2D eigenvalue weighted by molar-refractivity contribution is 9.10. The molecule has 0 aliphatic carbocycles. The van der Waals surface area contributed by atoms with Crippen molar-refractivity contribution < 1.29 is 40.7 Å². The summed E-state index contributed by atoms with van der Waals surface area (Å²) in [6.07, 6.45) is -13.0. The molecule has 6 nitrogen and oxygen atoms in total. The van der Waals surface area contributed by atoms with Crippen molar-refractivity contribution >= 4 is 38.5 Å². The number of fused-ring (bicyclic) bond motifs is 1. The summed E-state index contributed by atoms with van der Waals surface area (Å²) in [5.74, 6) is 0. The maximum Gasteiger partial charge on any atom is 0.437 e. The lowest BCUT2D eigenvalue weighted by atomic mass is 9.88. The van der Waals surface area contributed by atoms with Crippen molar-refractivity contribution in [3.8, 4) is 0 Å². The van der Waals surface area contributed by atoms with Crippen LogP contribution >= 0.6 is 15.9 Å². The molecule has 202 valence electrons. The molecule has 0 bridgehead atoms. The van der Waals surface area contributed by atoms with E-state index in [-0.39, 0.29) is 22.0 Å². The van der Waals surface area contributed by atoms with E-state index in [9.17, 15) is 31.1 Å². The average molecular weight is 612 g/mol. The van der Waals surface area contributed by atoms with Crippen LogP contribution in [0.4, 0.5) is 31.1 Å². The third-order valence-corrected chi connectivity index (χ3v) is 6.85. The standard InChI is InChI=1S/C26H16BrF6N3O3/c27-19-11-10-18(16-8-4-5-9-17(16)19)20-13-24(39-35-20,26(31,32)33)22-12-21(25(28,29)30)34-36(22)23(37)38-14-15-6-2-1-3-7-15/h1-12H,13-14H2. The molecule has 1 unspecified atom stereocenters. The maximum absolute atomic E-state index is 14.7. The van der Waals surface area contributed by atoms with Crippen LogP contribution < -0.4 is 0 Å². The summed E-state index contributed by atoms with van der Waals surface area (Å²) in [5.41, 5.74) is -5.79. The molecular weight excluding hydrogens is 596 g/mol. The fourth-order valence-electron chi connectivity index (χ4n) is 4.25. The Hall–Kier alpha value is -3.87. The number of halogens is 7. The Morgan fingerprint density at radius 2 is 1.64 bits per heavy atom. The molecule has 3 aromatic carbocycles. The highest BCUT2D eigenvalue weighted by Crippen LogP contribution is 2.50. The number of benzene rings is 3. The first-order chi connectivity index (χ1) is 18.4. The van der Waals surface area contributed by atoms with Gasteiger partial charge in [0.1, 0.15) is 12.3 Å². The number of alkyl halides is 6. The molecule has 0 saturated heterocycles. The Morgan fingerprint density at radius 1 is 0.974 bits per heavy atom. The lowest BCUT2D eigenvalue weighted by Gasteiger charge is -2.29. The van der Waals surface area contributed by atoms with Gasteiger partial charge in [-0.2, -0.15) is 36.1 Å². The third kappa shape index (κ3) is 4.86. The Bertz CT molecular complexity index is 1580. The second kappa shape index (κ2) is 9.70. The molecule has 0 N–H and O–H groups in total. The molecule has 39 heavy (non-hydrogen) atoms. The monoisotopic (exact) mass is 611 g/mol. The molecule has 0 radical (unpaired) electrons. The predicted octanol–water partition coefficient (Wildman–Crippen LogP) is 7.58. The smallest absolute Gasteiger partial charge is 0.437 e. The summed E-state index contributed by atoms with van der Waals surface area (Å²) in [5, 5.41) is 8.01. The highest BCUT2D eigenvalue weighted by atomic mass is 79.9. The van der Waals surface area contributed by atoms with Crippen LogP contribution in [0.5, 0.6) is 0 Å². The summed E-state index contributed by atoms with van der Waals surface area (Å²) in [7, 11) is 0. The van der Waals surface area contributed by atoms with Crippen LogP contribution in [0.3, 0.4) is 0 Å². The Kier molecular flexibility index (Phi) is 6.65. The first-order valence-corrected chi connectivity index (χ1v) is 12.1. The highest BCUT2D eigenvalue weighted by Gasteiger charge is 2.65. The first kappa shape index (κ1) is 26.7. The van der Waals surface area contributed by atoms with Crippen LogP contribution in [-0.2, 0) is 28.0 Å². The van der Waals surface area contributed by atoms with E-state index in [2.05, 4.69) is 26.2 Å². The summed E-state index contributed by atoms with van der Waals surface area (Å²) < 4.78 is 90.4. The molecule has 1 aliphatic rings. The summed E-state index contributed by atoms with van der Waals surface area (Å²) in [6, 6.07) is 18.2. The average Bonchev–Trinajstić information content (AvgIpc) is 3.54. The molecule has 0 spiro atoms. The van der Waals surface area contributed by atoms with Gasteiger partial charge in [0.15, 0.2) is 5.69 Å². The van der Waals surface area contributed by atoms with Gasteiger partial charge in [-0.05, 0) is 28.5 Å². The summed E-state index contributed by atoms with van der Waals surface area (Å²) >= 11 is 3.39. The largest absolute Gasteiger partial charge is 0.443 e. The van der Waals surface area contributed by atoms with Gasteiger partial charge >= 0.3 is 18.4 Å². The molecule has 1 aliphatic heterocycles. The van der Waals surface area contributed by atoms with Crippen molar-refractivity contribution in [2.75, 3.05) is 0 Å². The maximum atomic E-state index is 14.7. The topological polar surface area (TPSA) is 65.7 Å². The number of nitrogens with zero attached hydrogens (tertiary/aromatic N) is 3. The van der Waals surface area contributed by atoms with Crippen molar-refractivity contribution in [1.29, 1.82) is 0 Å². The minimum Gasteiger partial charge on any atom is -0.443 e. The van der Waals surface area contributed by atoms with E-state index in [1.807, 2.05) is 0 Å². The molecule has 2 heterocycles. The van der Waals surface area contributed by atoms with Crippen LogP contribution in [-0.4, -0.2) is 27.8 Å². The van der Waals surface area contributed by atoms with Gasteiger partial charge in [0, 0.05) is 10.0 Å². The van der Waals surface area contributed by atoms with Gasteiger partial charge < -0.3 is 9.57 Å². The van der Waals surface area contributed by atoms with E-state index in [0.717, 1.165) is 0 Å². The molecule has 1 aromatic heterocycles. The fourth-order valence-corrected chi connectivity index (χ4v) is 4.73. The van der Waals surface area contributed by atoms with E-state index in [1.54, 1.807) is 60.7 Å². The van der Waals surface area contributed by atoms with E-state index in [1.165, 1.54) is 6.07 Å². The number of aromatic nitrogens is 2. The van der Waals surface area contributed by atoms with E-state index >= 15 is 0 Å². The number of rotatable bonds is 4. The molecule has 4 aromatic rings. The first-order valence-electron chi connectivity index (χ1n) is 11.3. The van der Waals surface area contributed by atoms with Gasteiger partial charge in [0.25, 0.3) is 5.60 Å². The normalized spacial score (nSPS) is 17.7. The molecule has 5 rings (SSSR count). The zero-order chi connectivity index (χ0) is 28.0. The van der Waals surface area contributed by atoms with Gasteiger partial charge in [-0.3, -0.25) is 0 Å². The number of carbonyl (C=O) groups excluding carboxylic acids is 1. The van der Waals surface area contributed by atoms with E-state index in [4.69, 9.17) is 9.57 Å². The quantitative estimate of drug-likeness (QED) is 0.223. The fraction of sp³-hybridized carbons (Fsp3) is 0.192. The molecular formula is C26H16BrF6N3O3. The summed E-state index contributed by atoms with van der Waals surface area (Å²) in [6.45, 7) is -0.410. The Morgan fingerprint density at radius 3 is 2.31 bits per heavy atom. The van der Waals surface area contributed by atoms with Crippen LogP contribution in [0.15, 0.2) is 82.4 Å². The van der Waals surface area contributed by atoms with Crippen LogP contribution in [0.1, 0.15) is 28.9 Å². The van der Waals surface area contributed by atoms with Crippen molar-refractivity contribution in [2.24, 2.45) is 5.16 Å². The van der Waals surface area contributed by atoms with E-state index < -0.39 is 48.5 Å². The van der Waals surface area contributed by atoms with Gasteiger partial charge in [-0.25, -0.2) is 4.79 Å². The van der Waals surface area contributed by atoms with Crippen molar-refractivity contribution in [2.45, 2.75) is 31.0 Å². The molecule has 0 amide bonds. The second-order valence-corrected chi connectivity index (χ2v) is 9.49. The van der Waals surface area contributed by atoms with Gasteiger partial charge in [-0.1, -0.05) is 81.7 Å². The predicted molar refractivity (Wildman–Crippen MR) is 131 cm³/mol. The van der Waals surface area contributed by atoms with Gasteiger partial charge in [-0.15, -0.1) is 0 Å². The third-order valence-electron chi connectivity index (χ3n) is 6.16. The Labute approximate surface area is 224 Å². The second-order valence-electron chi connectivity index (χ2n) is 8.64. The molecule has 0 saturated carbocycles. The van der Waals surface area contributed by atoms with Crippen LogP contribution in [0.2, 0.25) is 0 Å². The van der Waals surface area contributed by atoms with Crippen LogP contribution in [0, 0.1) is 0 Å². The number of carbonyl (C=O) groups is 1. The van der Waals surface area contributed by atoms with Crippen molar-refractivity contribution in [3.63, 3.8) is 0 Å². The van der Waals surface area contributed by atoms with Gasteiger partial charge in [0.05, 0.1) is 12.1 Å². The molecule has 13 heteroatoms. The van der Waals surface area contributed by atoms with Crippen LogP contribution in [0.25, 0.3) is 10.8 Å². The lowest BCUT2D eigenvalue weighted by Crippen LogP contribution is -2.45. The zero-order valence-electron chi connectivity index (χ0n) is 19.6. The minimum atomic E-state index is -5.30. The zero-order valence-corrected chi connectivity index (χ0v) is 21.1. The lowest BCUT2D eigenvalue weighted by molar-refractivity contribution is -0.278. The van der Waals surface area contributed by atoms with Crippen molar-refractivity contribution in [1.82, 2.24) is 9.78 Å². The molecule has 1 atom stereocenters. The minimum absolute atomic E-state index is 0.0581. The number of hydrogen-bond donors (Lipinski definition) is 0. The Balaban J connectivity index is 1.58. The number of oxime groups is 1. The summed E-state index contributed by atoms with van der Waals surface area (Å²) in [4.78, 5) is 17.7. The van der Waals surface area contributed by atoms with Crippen molar-refractivity contribution in [3.05, 3.63) is 99.8 Å². The van der Waals surface area contributed by atoms with Gasteiger partial charge in [0.2, 0.25) is 0 Å². The SMILES string of the molecule is O=C(OCc1ccccc1)n1nc(C(F)(F)F)cc1C1(C(F)(F)F)CC(c2ccc(Br)c3ccccc23)=NO1. The number of hydrogen-bond acceptors (Lipinski definition) is 5. The molecule has 0 fully saturated rings. The van der Waals surface area contributed by atoms with E-state index in [0.29, 0.717) is 20.8 Å².